The normalized spacial score (nSPS) is 12.2. The lowest BCUT2D eigenvalue weighted by Gasteiger charge is -2.18. The molecule has 0 aliphatic heterocycles. The zero-order valence-electron chi connectivity index (χ0n) is 22.3. The van der Waals surface area contributed by atoms with E-state index in [1.54, 1.807) is 32.9 Å². The summed E-state index contributed by atoms with van der Waals surface area (Å²) in [5.74, 6) is 1.05. The zero-order valence-corrected chi connectivity index (χ0v) is 22.3. The fraction of sp³-hybridized carbons (Fsp3) is 0.207. The highest BCUT2D eigenvalue weighted by molar-refractivity contribution is 6.08. The molecule has 0 spiro atoms. The first-order valence-corrected chi connectivity index (χ1v) is 12.0. The lowest BCUT2D eigenvalue weighted by Crippen LogP contribution is -2.07. The number of nitrogen functional groups attached to an aromatic ring is 1. The number of halogens is 2. The van der Waals surface area contributed by atoms with Crippen molar-refractivity contribution < 1.29 is 13.5 Å². The van der Waals surface area contributed by atoms with Gasteiger partial charge in [0.15, 0.2) is 17.4 Å². The fourth-order valence-electron chi connectivity index (χ4n) is 4.27. The minimum Gasteiger partial charge on any atom is -0.421 e. The van der Waals surface area contributed by atoms with Gasteiger partial charge >= 0.3 is 6.02 Å². The van der Waals surface area contributed by atoms with E-state index in [1.165, 1.54) is 24.7 Å². The first-order valence-electron chi connectivity index (χ1n) is 12.0. The van der Waals surface area contributed by atoms with Crippen LogP contribution in [0.25, 0.3) is 33.4 Å². The predicted molar refractivity (Wildman–Crippen MR) is 151 cm³/mol. The molecule has 0 unspecified atom stereocenters. The summed E-state index contributed by atoms with van der Waals surface area (Å²) in [6.07, 6.45) is 10.0. The van der Waals surface area contributed by atoms with Crippen LogP contribution >= 0.6 is 0 Å². The molecule has 0 fully saturated rings. The van der Waals surface area contributed by atoms with E-state index in [-0.39, 0.29) is 34.9 Å². The van der Waals surface area contributed by atoms with Crippen LogP contribution in [0.5, 0.6) is 5.75 Å². The molecule has 4 aromatic rings. The molecule has 4 rings (SSSR count). The molecule has 0 aliphatic rings. The Morgan fingerprint density at radius 1 is 1.26 bits per heavy atom. The first-order chi connectivity index (χ1) is 18.6. The number of rotatable bonds is 5. The van der Waals surface area contributed by atoms with Crippen molar-refractivity contribution >= 4 is 29.6 Å². The molecule has 0 saturated carbocycles. The van der Waals surface area contributed by atoms with E-state index < -0.39 is 11.6 Å². The molecular weight excluding hydrogens is 500 g/mol. The van der Waals surface area contributed by atoms with E-state index in [0.717, 1.165) is 0 Å². The van der Waals surface area contributed by atoms with Crippen molar-refractivity contribution in [2.75, 3.05) is 5.73 Å². The number of ether oxygens (including phenoxy) is 1. The zero-order chi connectivity index (χ0) is 28.4. The second kappa shape index (κ2) is 10.8. The Bertz CT molecular complexity index is 1710. The summed E-state index contributed by atoms with van der Waals surface area (Å²) in [6, 6.07) is 4.17. The van der Waals surface area contributed by atoms with Gasteiger partial charge in [-0.3, -0.25) is 0 Å². The number of nitrogens with two attached hydrogens (primary N) is 1. The van der Waals surface area contributed by atoms with Crippen molar-refractivity contribution in [2.45, 2.75) is 40.7 Å². The molecular formula is C29H27F2N7O. The van der Waals surface area contributed by atoms with E-state index in [1.807, 2.05) is 18.4 Å². The number of allylic oxidation sites excluding steroid dienone is 2. The number of amidine groups is 1. The second-order valence-corrected chi connectivity index (χ2v) is 8.98. The van der Waals surface area contributed by atoms with Crippen molar-refractivity contribution in [1.82, 2.24) is 19.5 Å². The van der Waals surface area contributed by atoms with Gasteiger partial charge in [-0.05, 0) is 70.5 Å². The quantitative estimate of drug-likeness (QED) is 0.188. The van der Waals surface area contributed by atoms with Gasteiger partial charge in [-0.25, -0.2) is 33.7 Å². The number of pyridine rings is 1. The van der Waals surface area contributed by atoms with Crippen molar-refractivity contribution in [3.63, 3.8) is 0 Å². The van der Waals surface area contributed by atoms with Crippen LogP contribution in [0.4, 0.5) is 14.6 Å². The lowest BCUT2D eigenvalue weighted by molar-refractivity contribution is 0.486. The molecule has 0 aliphatic carbocycles. The highest BCUT2D eigenvalue weighted by Gasteiger charge is 2.27. The maximum atomic E-state index is 15.5. The molecule has 8 nitrogen and oxygen atoms in total. The molecule has 3 aromatic heterocycles. The third-order valence-corrected chi connectivity index (χ3v) is 6.23. The minimum atomic E-state index is -0.683. The van der Waals surface area contributed by atoms with E-state index in [4.69, 9.17) is 16.9 Å². The summed E-state index contributed by atoms with van der Waals surface area (Å²) in [5, 5.41) is 0.494. The molecule has 0 amide bonds. The van der Waals surface area contributed by atoms with Gasteiger partial charge in [-0.15, -0.1) is 6.42 Å². The summed E-state index contributed by atoms with van der Waals surface area (Å²) in [4.78, 5) is 20.7. The Labute approximate surface area is 225 Å². The van der Waals surface area contributed by atoms with Gasteiger partial charge < -0.3 is 15.0 Å². The van der Waals surface area contributed by atoms with Crippen LogP contribution in [0.2, 0.25) is 0 Å². The Kier molecular flexibility index (Phi) is 7.54. The number of hydrogen-bond donors (Lipinski definition) is 1. The number of anilines is 1. The summed E-state index contributed by atoms with van der Waals surface area (Å²) >= 11 is 0. The fourth-order valence-corrected chi connectivity index (χ4v) is 4.27. The van der Waals surface area contributed by atoms with Crippen LogP contribution in [-0.2, 0) is 0 Å². The highest BCUT2D eigenvalue weighted by Crippen LogP contribution is 2.45. The molecule has 10 heteroatoms. The molecule has 3 heterocycles. The van der Waals surface area contributed by atoms with E-state index in [9.17, 15) is 0 Å². The summed E-state index contributed by atoms with van der Waals surface area (Å²) in [5.41, 5.74) is 9.63. The summed E-state index contributed by atoms with van der Waals surface area (Å²) in [6.45, 7) is 12.5. The van der Waals surface area contributed by atoms with Crippen LogP contribution < -0.4 is 10.5 Å². The summed E-state index contributed by atoms with van der Waals surface area (Å²) < 4.78 is 38.1. The monoisotopic (exact) mass is 527 g/mol. The average Bonchev–Trinajstić information content (AvgIpc) is 3.27. The molecule has 0 saturated heterocycles. The Hall–Kier alpha value is -4.91. The third-order valence-electron chi connectivity index (χ3n) is 6.23. The van der Waals surface area contributed by atoms with Crippen LogP contribution in [0.1, 0.15) is 45.0 Å². The molecule has 2 N–H and O–H groups in total. The topological polar surface area (TPSA) is 104 Å². The van der Waals surface area contributed by atoms with Gasteiger partial charge in [-0.2, -0.15) is 0 Å². The predicted octanol–water partition coefficient (Wildman–Crippen LogP) is 6.25. The SMILES string of the molecule is C#Cc1ncc(-c2c(-c3ccc(O/C(N=C)=N/C(C)=C\C)c(F)c3)c3c(N)ncnc3n2C(C)C)c(C)c1F. The van der Waals surface area contributed by atoms with E-state index in [2.05, 4.69) is 37.6 Å². The van der Waals surface area contributed by atoms with Gasteiger partial charge in [0.05, 0.1) is 11.1 Å². The maximum Gasteiger partial charge on any atom is 0.321 e. The molecule has 198 valence electrons. The number of fused-ring (bicyclic) bond motifs is 1. The number of benzene rings is 1. The van der Waals surface area contributed by atoms with Crippen LogP contribution in [0.15, 0.2) is 52.5 Å². The number of terminal acetylenes is 1. The summed E-state index contributed by atoms with van der Waals surface area (Å²) in [7, 11) is 0. The Morgan fingerprint density at radius 3 is 2.62 bits per heavy atom. The largest absolute Gasteiger partial charge is 0.421 e. The standard InChI is InChI=1S/C29H27F2N7O/c1-8-16(5)37-29(33-7)39-22-11-10-18(12-20(22)30)23-24-27(32)35-14-36-28(24)38(15(3)4)26(23)19-13-34-21(9-2)25(31)17(19)6/h2,8,10-15H,7H2,1,3-6H3,(H2,32,35,36)/b16-8-,37-29+. The molecule has 0 radical (unpaired) electrons. The smallest absolute Gasteiger partial charge is 0.321 e. The number of aromatic nitrogens is 4. The molecule has 0 bridgehead atoms. The first kappa shape index (κ1) is 27.1. The number of hydrogen-bond acceptors (Lipinski definition) is 6. The highest BCUT2D eigenvalue weighted by atomic mass is 19.1. The van der Waals surface area contributed by atoms with Crippen molar-refractivity contribution in [3.05, 3.63) is 65.4 Å². The molecule has 0 atom stereocenters. The maximum absolute atomic E-state index is 15.5. The van der Waals surface area contributed by atoms with Crippen LogP contribution in [0, 0.1) is 30.9 Å². The minimum absolute atomic E-state index is 0.0988. The van der Waals surface area contributed by atoms with Gasteiger partial charge in [0.1, 0.15) is 23.5 Å². The van der Waals surface area contributed by atoms with Crippen LogP contribution in [0.3, 0.4) is 0 Å². The Morgan fingerprint density at radius 2 is 2.00 bits per heavy atom. The second-order valence-electron chi connectivity index (χ2n) is 8.98. The number of aliphatic imine (C=N–C) groups is 2. The van der Waals surface area contributed by atoms with E-state index >= 15 is 8.78 Å². The van der Waals surface area contributed by atoms with Gasteiger partial charge in [0.25, 0.3) is 0 Å². The van der Waals surface area contributed by atoms with Crippen molar-refractivity contribution in [1.29, 1.82) is 0 Å². The average molecular weight is 528 g/mol. The van der Waals surface area contributed by atoms with Gasteiger partial charge in [0.2, 0.25) is 0 Å². The third kappa shape index (κ3) is 4.86. The lowest BCUT2D eigenvalue weighted by atomic mass is 9.96. The van der Waals surface area contributed by atoms with E-state index in [0.29, 0.717) is 39.1 Å². The van der Waals surface area contributed by atoms with Crippen molar-refractivity contribution in [2.24, 2.45) is 9.98 Å². The number of nitrogens with zero attached hydrogens (tertiary/aromatic N) is 6. The van der Waals surface area contributed by atoms with Crippen LogP contribution in [-0.4, -0.2) is 32.3 Å². The molecule has 1 aromatic carbocycles. The molecule has 39 heavy (non-hydrogen) atoms. The Balaban J connectivity index is 2.02. The van der Waals surface area contributed by atoms with Gasteiger partial charge in [-0.1, -0.05) is 12.1 Å². The van der Waals surface area contributed by atoms with Crippen molar-refractivity contribution in [3.8, 4) is 40.5 Å². The van der Waals surface area contributed by atoms with Gasteiger partial charge in [0, 0.05) is 29.1 Å².